The van der Waals surface area contributed by atoms with Gasteiger partial charge in [0.15, 0.2) is 0 Å². The molecule has 1 aliphatic heterocycles. The Balaban J connectivity index is 1.63. The predicted octanol–water partition coefficient (Wildman–Crippen LogP) is 2.98. The Morgan fingerprint density at radius 1 is 0.967 bits per heavy atom. The van der Waals surface area contributed by atoms with E-state index in [1.165, 1.54) is 0 Å². The van der Waals surface area contributed by atoms with Gasteiger partial charge in [0.05, 0.1) is 19.2 Å². The number of nitrogens with one attached hydrogen (secondary N) is 3. The summed E-state index contributed by atoms with van der Waals surface area (Å²) in [4.78, 5) is 36.0. The second kappa shape index (κ2) is 7.00. The van der Waals surface area contributed by atoms with E-state index in [0.29, 0.717) is 5.56 Å². The molecule has 0 saturated carbocycles. The van der Waals surface area contributed by atoms with E-state index < -0.39 is 0 Å². The summed E-state index contributed by atoms with van der Waals surface area (Å²) in [5.74, 6) is 0.370. The van der Waals surface area contributed by atoms with Crippen LogP contribution in [-0.4, -0.2) is 40.4 Å². The van der Waals surface area contributed by atoms with E-state index in [1.807, 2.05) is 36.5 Å². The molecule has 30 heavy (non-hydrogen) atoms. The maximum absolute atomic E-state index is 12.3. The fourth-order valence-corrected chi connectivity index (χ4v) is 3.58. The Morgan fingerprint density at radius 3 is 2.63 bits per heavy atom. The van der Waals surface area contributed by atoms with Crippen molar-refractivity contribution in [2.24, 2.45) is 0 Å². The number of carbonyl (C=O) groups is 2. The first-order valence-electron chi connectivity index (χ1n) is 9.33. The van der Waals surface area contributed by atoms with Crippen molar-refractivity contribution in [1.82, 2.24) is 20.3 Å². The molecule has 5 rings (SSSR count). The fourth-order valence-electron chi connectivity index (χ4n) is 3.58. The summed E-state index contributed by atoms with van der Waals surface area (Å²) in [6, 6.07) is 11.5. The summed E-state index contributed by atoms with van der Waals surface area (Å²) in [5.41, 5.74) is 4.50. The number of aromatic amines is 1. The third kappa shape index (κ3) is 2.95. The number of amides is 2. The molecule has 4 heterocycles. The Morgan fingerprint density at radius 2 is 1.77 bits per heavy atom. The molecule has 148 valence electrons. The molecule has 0 fully saturated rings. The Bertz CT molecular complexity index is 1310. The maximum atomic E-state index is 12.3. The lowest BCUT2D eigenvalue weighted by molar-refractivity contribution is -0.115. The quantitative estimate of drug-likeness (QED) is 0.491. The average Bonchev–Trinajstić information content (AvgIpc) is 3.14. The van der Waals surface area contributed by atoms with E-state index >= 15 is 0 Å². The van der Waals surface area contributed by atoms with Gasteiger partial charge in [-0.05, 0) is 18.2 Å². The zero-order valence-corrected chi connectivity index (χ0v) is 16.0. The van der Waals surface area contributed by atoms with Gasteiger partial charge < -0.3 is 20.4 Å². The van der Waals surface area contributed by atoms with Crippen LogP contribution in [0.1, 0.15) is 10.4 Å². The van der Waals surface area contributed by atoms with Gasteiger partial charge in [0.25, 0.3) is 5.91 Å². The number of rotatable bonds is 3. The van der Waals surface area contributed by atoms with Crippen LogP contribution in [0.15, 0.2) is 55.0 Å². The van der Waals surface area contributed by atoms with Crippen molar-refractivity contribution in [3.63, 3.8) is 0 Å². The van der Waals surface area contributed by atoms with Gasteiger partial charge in [-0.3, -0.25) is 9.59 Å². The van der Waals surface area contributed by atoms with Crippen molar-refractivity contribution in [3.8, 4) is 28.0 Å². The first-order chi connectivity index (χ1) is 14.6. The smallest absolute Gasteiger partial charge is 0.255 e. The van der Waals surface area contributed by atoms with E-state index in [2.05, 4.69) is 25.6 Å². The maximum Gasteiger partial charge on any atom is 0.255 e. The summed E-state index contributed by atoms with van der Waals surface area (Å²) >= 11 is 0. The molecular formula is C22H17N5O3. The lowest BCUT2D eigenvalue weighted by Gasteiger charge is -2.09. The molecule has 8 heteroatoms. The van der Waals surface area contributed by atoms with Crippen LogP contribution in [0.4, 0.5) is 5.82 Å². The molecule has 4 aromatic rings. The van der Waals surface area contributed by atoms with Crippen LogP contribution in [0, 0.1) is 0 Å². The number of methoxy groups -OCH3 is 1. The van der Waals surface area contributed by atoms with Crippen LogP contribution < -0.4 is 15.4 Å². The first kappa shape index (κ1) is 17.9. The molecular weight excluding hydrogens is 382 g/mol. The van der Waals surface area contributed by atoms with E-state index in [-0.39, 0.29) is 24.2 Å². The number of H-pyrrole nitrogens is 1. The second-order valence-electron chi connectivity index (χ2n) is 6.87. The molecule has 0 spiro atoms. The van der Waals surface area contributed by atoms with Crippen LogP contribution in [0.5, 0.6) is 5.75 Å². The largest absolute Gasteiger partial charge is 0.496 e. The van der Waals surface area contributed by atoms with E-state index in [9.17, 15) is 9.59 Å². The van der Waals surface area contributed by atoms with Gasteiger partial charge in [-0.2, -0.15) is 0 Å². The molecule has 3 aromatic heterocycles. The number of pyridine rings is 2. The van der Waals surface area contributed by atoms with Gasteiger partial charge in [0, 0.05) is 46.2 Å². The first-order valence-corrected chi connectivity index (χ1v) is 9.33. The molecule has 2 amide bonds. The summed E-state index contributed by atoms with van der Waals surface area (Å²) in [7, 11) is 1.64. The highest BCUT2D eigenvalue weighted by Crippen LogP contribution is 2.36. The minimum Gasteiger partial charge on any atom is -0.496 e. The van der Waals surface area contributed by atoms with Crippen molar-refractivity contribution in [2.75, 3.05) is 19.0 Å². The van der Waals surface area contributed by atoms with Crippen molar-refractivity contribution >= 4 is 28.7 Å². The average molecular weight is 399 g/mol. The van der Waals surface area contributed by atoms with Crippen molar-refractivity contribution in [3.05, 3.63) is 60.6 Å². The number of aromatic nitrogens is 3. The van der Waals surface area contributed by atoms with Crippen molar-refractivity contribution in [1.29, 1.82) is 0 Å². The number of anilines is 1. The van der Waals surface area contributed by atoms with Crippen LogP contribution in [0.2, 0.25) is 0 Å². The van der Waals surface area contributed by atoms with Crippen LogP contribution in [0.3, 0.4) is 0 Å². The predicted molar refractivity (Wildman–Crippen MR) is 112 cm³/mol. The topological polar surface area (TPSA) is 109 Å². The van der Waals surface area contributed by atoms with Crippen molar-refractivity contribution < 1.29 is 14.3 Å². The van der Waals surface area contributed by atoms with Crippen LogP contribution in [-0.2, 0) is 4.79 Å². The number of carbonyl (C=O) groups excluding carboxylic acids is 2. The number of hydrogen-bond acceptors (Lipinski definition) is 5. The minimum absolute atomic E-state index is 0.0797. The molecule has 0 saturated heterocycles. The monoisotopic (exact) mass is 399 g/mol. The van der Waals surface area contributed by atoms with Crippen molar-refractivity contribution in [2.45, 2.75) is 0 Å². The summed E-state index contributed by atoms with van der Waals surface area (Å²) in [6.45, 7) is -0.0797. The molecule has 0 unspecified atom stereocenters. The van der Waals surface area contributed by atoms with Gasteiger partial charge >= 0.3 is 0 Å². The molecule has 1 aromatic carbocycles. The number of nitrogens with zero attached hydrogens (tertiary/aromatic N) is 2. The van der Waals surface area contributed by atoms with Crippen LogP contribution >= 0.6 is 0 Å². The highest BCUT2D eigenvalue weighted by atomic mass is 16.5. The van der Waals surface area contributed by atoms with Gasteiger partial charge in [-0.15, -0.1) is 0 Å². The van der Waals surface area contributed by atoms with Gasteiger partial charge in [-0.1, -0.05) is 18.2 Å². The Labute approximate surface area is 171 Å². The fraction of sp³-hybridized carbons (Fsp3) is 0.0909. The number of hydrogen-bond donors (Lipinski definition) is 3. The number of fused-ring (bicyclic) bond motifs is 2. The Kier molecular flexibility index (Phi) is 4.17. The molecule has 3 N–H and O–H groups in total. The lowest BCUT2D eigenvalue weighted by atomic mass is 10.0. The van der Waals surface area contributed by atoms with E-state index in [0.717, 1.165) is 39.0 Å². The third-order valence-corrected chi connectivity index (χ3v) is 5.06. The normalized spacial score (nSPS) is 13.4. The van der Waals surface area contributed by atoms with Gasteiger partial charge in [-0.25, -0.2) is 9.97 Å². The molecule has 0 atom stereocenters. The second-order valence-corrected chi connectivity index (χ2v) is 6.87. The molecule has 0 radical (unpaired) electrons. The number of benzene rings is 1. The Hall–Kier alpha value is -4.20. The number of ether oxygens (including phenoxy) is 1. The van der Waals surface area contributed by atoms with Gasteiger partial charge in [0.2, 0.25) is 5.91 Å². The lowest BCUT2D eigenvalue weighted by Crippen LogP contribution is -2.28. The minimum atomic E-state index is -0.344. The van der Waals surface area contributed by atoms with E-state index in [1.54, 1.807) is 25.6 Å². The van der Waals surface area contributed by atoms with Crippen LogP contribution in [0.25, 0.3) is 33.3 Å². The highest BCUT2D eigenvalue weighted by molar-refractivity contribution is 6.08. The summed E-state index contributed by atoms with van der Waals surface area (Å²) in [5, 5.41) is 6.13. The SMILES string of the molecule is COc1ccccc1-c1c[nH]c2ncc(-c3cnc4c(c3)C(=O)NCC(=O)N4)cc12. The molecule has 0 bridgehead atoms. The zero-order valence-electron chi connectivity index (χ0n) is 16.0. The molecule has 0 aliphatic carbocycles. The number of para-hydroxylation sites is 1. The third-order valence-electron chi connectivity index (χ3n) is 5.06. The standard InChI is InChI=1S/C22H17N5O3/c1-30-18-5-3-2-4-14(18)17-10-25-20-15(17)6-12(8-23-20)13-7-16-21(24-9-13)27-19(28)11-26-22(16)29/h2-10H,11H2,1H3,(H,23,25)(H,26,29)(H,24,27,28). The summed E-state index contributed by atoms with van der Waals surface area (Å²) < 4.78 is 5.50. The summed E-state index contributed by atoms with van der Waals surface area (Å²) in [6.07, 6.45) is 5.25. The molecule has 8 nitrogen and oxygen atoms in total. The van der Waals surface area contributed by atoms with E-state index in [4.69, 9.17) is 4.74 Å². The van der Waals surface area contributed by atoms with Gasteiger partial charge in [0.1, 0.15) is 17.2 Å². The highest BCUT2D eigenvalue weighted by Gasteiger charge is 2.21. The molecule has 1 aliphatic rings. The zero-order chi connectivity index (χ0) is 20.7.